The Morgan fingerprint density at radius 1 is 0.840 bits per heavy atom. The zero-order chi connectivity index (χ0) is 18.5. The number of carbonyl (C=O) groups is 1. The maximum atomic E-state index is 12.7. The first-order valence-electron chi connectivity index (χ1n) is 7.05. The first kappa shape index (κ1) is 18.9. The van der Waals surface area contributed by atoms with Crippen LogP contribution in [0.5, 0.6) is 0 Å². The monoisotopic (exact) mass is 385 g/mol. The molecule has 0 N–H and O–H groups in total. The van der Waals surface area contributed by atoms with Crippen LogP contribution in [0.3, 0.4) is 0 Å². The molecule has 8 nitrogen and oxygen atoms in total. The van der Waals surface area contributed by atoms with E-state index in [1.54, 1.807) is 12.1 Å². The molecular formula is C15H15NO7S2. The van der Waals surface area contributed by atoms with Gasteiger partial charge in [0.2, 0.25) is 0 Å². The summed E-state index contributed by atoms with van der Waals surface area (Å²) in [5.41, 5.74) is 0. The Bertz CT molecular complexity index is 857. The van der Waals surface area contributed by atoms with Crippen LogP contribution < -0.4 is 0 Å². The fraction of sp³-hybridized carbons (Fsp3) is 0.133. The number of hydrogen-bond acceptors (Lipinski definition) is 7. The van der Waals surface area contributed by atoms with Gasteiger partial charge in [-0.15, -0.1) is 0 Å². The predicted octanol–water partition coefficient (Wildman–Crippen LogP) is 2.15. The summed E-state index contributed by atoms with van der Waals surface area (Å²) in [6.45, 7) is 1.34. The van der Waals surface area contributed by atoms with E-state index in [-0.39, 0.29) is 20.3 Å². The molecular weight excluding hydrogens is 370 g/mol. The number of carbonyl (C=O) groups excluding carboxylic acids is 1. The Kier molecular flexibility index (Phi) is 5.77. The molecule has 0 radical (unpaired) electrons. The zero-order valence-corrected chi connectivity index (χ0v) is 14.7. The number of sulfonamides is 2. The standard InChI is InChI=1S/C15H15NO7S2/c1-2-22-15(17)23-16(24(18,19)13-9-5-3-6-10-13)25(20,21)14-11-7-4-8-12-14/h3-12H,2H2,1H3. The molecule has 0 aliphatic rings. The van der Waals surface area contributed by atoms with Gasteiger partial charge in [0.25, 0.3) is 20.0 Å². The number of benzene rings is 2. The summed E-state index contributed by atoms with van der Waals surface area (Å²) in [5, 5.41) is 0. The van der Waals surface area contributed by atoms with Crippen molar-refractivity contribution in [3.63, 3.8) is 0 Å². The summed E-state index contributed by atoms with van der Waals surface area (Å²) >= 11 is 0. The van der Waals surface area contributed by atoms with Crippen molar-refractivity contribution in [2.24, 2.45) is 0 Å². The van der Waals surface area contributed by atoms with Gasteiger partial charge in [0.05, 0.1) is 20.3 Å². The van der Waals surface area contributed by atoms with E-state index in [4.69, 9.17) is 0 Å². The van der Waals surface area contributed by atoms with E-state index in [9.17, 15) is 21.6 Å². The summed E-state index contributed by atoms with van der Waals surface area (Å²) in [5.74, 6) is 0. The molecule has 0 bridgehead atoms. The molecule has 0 saturated heterocycles. The molecule has 0 unspecified atom stereocenters. The average molecular weight is 385 g/mol. The molecule has 2 aromatic carbocycles. The minimum absolute atomic E-state index is 0.122. The second-order valence-corrected chi connectivity index (χ2v) is 8.31. The minimum Gasteiger partial charge on any atom is -0.433 e. The van der Waals surface area contributed by atoms with Crippen LogP contribution in [0.2, 0.25) is 0 Å². The third-order valence-corrected chi connectivity index (χ3v) is 6.73. The van der Waals surface area contributed by atoms with Crippen LogP contribution in [0, 0.1) is 0 Å². The lowest BCUT2D eigenvalue weighted by atomic mass is 10.4. The van der Waals surface area contributed by atoms with Gasteiger partial charge in [-0.1, -0.05) is 36.4 Å². The normalized spacial score (nSPS) is 11.9. The van der Waals surface area contributed by atoms with Crippen molar-refractivity contribution in [3.05, 3.63) is 60.7 Å². The molecule has 0 amide bonds. The highest BCUT2D eigenvalue weighted by Crippen LogP contribution is 2.24. The summed E-state index contributed by atoms with van der Waals surface area (Å²) in [6, 6.07) is 13.5. The maximum absolute atomic E-state index is 12.7. The van der Waals surface area contributed by atoms with Crippen molar-refractivity contribution in [2.75, 3.05) is 6.61 Å². The van der Waals surface area contributed by atoms with Gasteiger partial charge in [-0.05, 0) is 31.2 Å². The minimum atomic E-state index is -4.70. The van der Waals surface area contributed by atoms with Crippen molar-refractivity contribution in [1.29, 1.82) is 0 Å². The molecule has 0 spiro atoms. The van der Waals surface area contributed by atoms with Gasteiger partial charge in [0.15, 0.2) is 0 Å². The molecule has 134 valence electrons. The lowest BCUT2D eigenvalue weighted by Crippen LogP contribution is -2.39. The topological polar surface area (TPSA) is 107 Å². The summed E-state index contributed by atoms with van der Waals surface area (Å²) in [4.78, 5) is 15.4. The average Bonchev–Trinajstić information content (AvgIpc) is 2.61. The van der Waals surface area contributed by atoms with Crippen molar-refractivity contribution in [2.45, 2.75) is 16.7 Å². The third kappa shape index (κ3) is 4.16. The Hall–Kier alpha value is -2.43. The van der Waals surface area contributed by atoms with Crippen LogP contribution in [0.25, 0.3) is 0 Å². The SMILES string of the molecule is CCOC(=O)ON(S(=O)(=O)c1ccccc1)S(=O)(=O)c1ccccc1. The quantitative estimate of drug-likeness (QED) is 0.554. The van der Waals surface area contributed by atoms with Gasteiger partial charge in [-0.2, -0.15) is 0 Å². The highest BCUT2D eigenvalue weighted by atomic mass is 32.3. The van der Waals surface area contributed by atoms with E-state index in [2.05, 4.69) is 9.57 Å². The summed E-state index contributed by atoms with van der Waals surface area (Å²) in [7, 11) is -9.40. The van der Waals surface area contributed by atoms with E-state index in [1.807, 2.05) is 0 Å². The third-order valence-electron chi connectivity index (χ3n) is 2.89. The number of rotatable bonds is 6. The van der Waals surface area contributed by atoms with Gasteiger partial charge >= 0.3 is 6.16 Å². The Morgan fingerprint density at radius 3 is 1.60 bits per heavy atom. The molecule has 2 rings (SSSR count). The van der Waals surface area contributed by atoms with Crippen molar-refractivity contribution in [1.82, 2.24) is 3.87 Å². The first-order chi connectivity index (χ1) is 11.8. The van der Waals surface area contributed by atoms with Gasteiger partial charge in [-0.25, -0.2) is 21.6 Å². The lowest BCUT2D eigenvalue weighted by molar-refractivity contribution is -0.0138. The van der Waals surface area contributed by atoms with E-state index in [0.29, 0.717) is 0 Å². The van der Waals surface area contributed by atoms with Crippen LogP contribution in [-0.4, -0.2) is 33.5 Å². The molecule has 25 heavy (non-hydrogen) atoms. The van der Waals surface area contributed by atoms with Crippen molar-refractivity contribution < 1.29 is 31.2 Å². The fourth-order valence-corrected chi connectivity index (χ4v) is 5.00. The second kappa shape index (κ2) is 7.64. The molecule has 0 heterocycles. The van der Waals surface area contributed by atoms with Gasteiger partial charge in [0.1, 0.15) is 0 Å². The number of hydrogen-bond donors (Lipinski definition) is 0. The Balaban J connectivity index is 2.56. The molecule has 2 aromatic rings. The highest BCUT2D eigenvalue weighted by Gasteiger charge is 2.41. The Morgan fingerprint density at radius 2 is 1.24 bits per heavy atom. The smallest absolute Gasteiger partial charge is 0.433 e. The van der Waals surface area contributed by atoms with Crippen LogP contribution in [0.1, 0.15) is 6.92 Å². The molecule has 0 aliphatic carbocycles. The van der Waals surface area contributed by atoms with Crippen LogP contribution >= 0.6 is 0 Å². The second-order valence-electron chi connectivity index (χ2n) is 4.57. The number of ether oxygens (including phenoxy) is 1. The van der Waals surface area contributed by atoms with Gasteiger partial charge in [-0.3, -0.25) is 0 Å². The first-order valence-corrected chi connectivity index (χ1v) is 9.93. The molecule has 0 atom stereocenters. The van der Waals surface area contributed by atoms with E-state index >= 15 is 0 Å². The summed E-state index contributed by atoms with van der Waals surface area (Å²) in [6.07, 6.45) is -1.46. The summed E-state index contributed by atoms with van der Waals surface area (Å²) < 4.78 is 55.0. The molecule has 0 saturated carbocycles. The molecule has 0 fully saturated rings. The van der Waals surface area contributed by atoms with E-state index in [1.165, 1.54) is 55.5 Å². The number of nitrogens with zero attached hydrogens (tertiary/aromatic N) is 1. The van der Waals surface area contributed by atoms with Crippen LogP contribution in [-0.2, 0) is 29.6 Å². The highest BCUT2D eigenvalue weighted by molar-refractivity contribution is 8.03. The molecule has 10 heteroatoms. The zero-order valence-electron chi connectivity index (χ0n) is 13.1. The lowest BCUT2D eigenvalue weighted by Gasteiger charge is -2.20. The maximum Gasteiger partial charge on any atom is 0.529 e. The van der Waals surface area contributed by atoms with Gasteiger partial charge < -0.3 is 9.57 Å². The van der Waals surface area contributed by atoms with Crippen molar-refractivity contribution in [3.8, 4) is 0 Å². The Labute approximate surface area is 145 Å². The van der Waals surface area contributed by atoms with E-state index in [0.717, 1.165) is 0 Å². The largest absolute Gasteiger partial charge is 0.529 e. The van der Waals surface area contributed by atoms with Gasteiger partial charge in [0, 0.05) is 0 Å². The predicted molar refractivity (Wildman–Crippen MR) is 87.2 cm³/mol. The van der Waals surface area contributed by atoms with Crippen molar-refractivity contribution >= 4 is 26.2 Å². The fourth-order valence-electron chi connectivity index (χ4n) is 1.79. The molecule has 0 aliphatic heterocycles. The van der Waals surface area contributed by atoms with Crippen LogP contribution in [0.4, 0.5) is 4.79 Å². The van der Waals surface area contributed by atoms with E-state index < -0.39 is 26.2 Å². The van der Waals surface area contributed by atoms with Crippen LogP contribution in [0.15, 0.2) is 70.5 Å². The molecule has 0 aromatic heterocycles.